The number of amides is 1. The third-order valence-corrected chi connectivity index (χ3v) is 4.93. The summed E-state index contributed by atoms with van der Waals surface area (Å²) in [5.74, 6) is -0.683. The molecule has 0 spiro atoms. The van der Waals surface area contributed by atoms with Crippen molar-refractivity contribution in [1.29, 1.82) is 0 Å². The van der Waals surface area contributed by atoms with E-state index in [4.69, 9.17) is 16.3 Å². The third-order valence-electron chi connectivity index (χ3n) is 4.68. The normalized spacial score (nSPS) is 19.9. The van der Waals surface area contributed by atoms with Gasteiger partial charge in [0.15, 0.2) is 0 Å². The van der Waals surface area contributed by atoms with Crippen LogP contribution in [0, 0.1) is 6.92 Å². The molecule has 2 aromatic carbocycles. The van der Waals surface area contributed by atoms with E-state index in [-0.39, 0.29) is 30.8 Å². The molecule has 0 bridgehead atoms. The summed E-state index contributed by atoms with van der Waals surface area (Å²) >= 11 is 5.96. The highest BCUT2D eigenvalue weighted by atomic mass is 35.5. The van der Waals surface area contributed by atoms with E-state index in [1.165, 1.54) is 0 Å². The predicted molar refractivity (Wildman–Crippen MR) is 95.5 cm³/mol. The van der Waals surface area contributed by atoms with Crippen molar-refractivity contribution in [2.75, 3.05) is 11.5 Å². The second kappa shape index (κ2) is 6.05. The number of benzene rings is 2. The Balaban J connectivity index is 1.81. The van der Waals surface area contributed by atoms with E-state index in [0.29, 0.717) is 16.3 Å². The van der Waals surface area contributed by atoms with Crippen molar-refractivity contribution < 1.29 is 14.3 Å². The minimum Gasteiger partial charge on any atom is -0.456 e. The highest BCUT2D eigenvalue weighted by Gasteiger charge is 2.42. The Morgan fingerprint density at radius 2 is 1.72 bits per heavy atom. The maximum atomic E-state index is 12.9. The fourth-order valence-electron chi connectivity index (χ4n) is 3.43. The summed E-state index contributed by atoms with van der Waals surface area (Å²) in [7, 11) is 0. The third kappa shape index (κ3) is 2.72. The molecule has 1 atom stereocenters. The SMILES string of the molecule is Cc1ccc(N2C(=O)CC(c3ccc(Cl)cc3)C3=C2COC3=O)cc1. The van der Waals surface area contributed by atoms with Crippen LogP contribution in [0.15, 0.2) is 59.8 Å². The molecule has 0 radical (unpaired) electrons. The number of hydrogen-bond donors (Lipinski definition) is 0. The van der Waals surface area contributed by atoms with E-state index in [1.807, 2.05) is 43.3 Å². The number of carbonyl (C=O) groups is 2. The van der Waals surface area contributed by atoms with Crippen LogP contribution in [0.1, 0.15) is 23.5 Å². The summed E-state index contributed by atoms with van der Waals surface area (Å²) in [6, 6.07) is 14.9. The molecular formula is C20H16ClNO3. The Morgan fingerprint density at radius 3 is 2.40 bits per heavy atom. The van der Waals surface area contributed by atoms with Crippen LogP contribution in [0.25, 0.3) is 0 Å². The molecular weight excluding hydrogens is 338 g/mol. The van der Waals surface area contributed by atoms with Gasteiger partial charge in [0.1, 0.15) is 6.61 Å². The maximum Gasteiger partial charge on any atom is 0.336 e. The molecule has 0 aromatic heterocycles. The monoisotopic (exact) mass is 353 g/mol. The van der Waals surface area contributed by atoms with Crippen LogP contribution in [-0.2, 0) is 14.3 Å². The van der Waals surface area contributed by atoms with Gasteiger partial charge >= 0.3 is 5.97 Å². The van der Waals surface area contributed by atoms with Gasteiger partial charge in [0.25, 0.3) is 0 Å². The summed E-state index contributed by atoms with van der Waals surface area (Å²) in [6.45, 7) is 2.11. The molecule has 126 valence electrons. The number of anilines is 1. The molecule has 0 saturated heterocycles. The molecule has 4 rings (SSSR count). The number of halogens is 1. The number of rotatable bonds is 2. The highest BCUT2D eigenvalue weighted by Crippen LogP contribution is 2.41. The second-order valence-corrected chi connectivity index (χ2v) is 6.75. The minimum absolute atomic E-state index is 0.0409. The van der Waals surface area contributed by atoms with Gasteiger partial charge in [-0.05, 0) is 36.8 Å². The number of ether oxygens (including phenoxy) is 1. The van der Waals surface area contributed by atoms with Gasteiger partial charge in [-0.3, -0.25) is 9.69 Å². The molecule has 5 heteroatoms. The first kappa shape index (κ1) is 15.9. The Labute approximate surface area is 150 Å². The minimum atomic E-state index is -0.348. The summed E-state index contributed by atoms with van der Waals surface area (Å²) in [5.41, 5.74) is 3.98. The first-order valence-electron chi connectivity index (χ1n) is 8.10. The average Bonchev–Trinajstić information content (AvgIpc) is 2.98. The van der Waals surface area contributed by atoms with Crippen LogP contribution >= 0.6 is 11.6 Å². The van der Waals surface area contributed by atoms with E-state index in [9.17, 15) is 9.59 Å². The molecule has 2 heterocycles. The molecule has 0 aliphatic carbocycles. The number of nitrogens with zero attached hydrogens (tertiary/aromatic N) is 1. The van der Waals surface area contributed by atoms with E-state index in [2.05, 4.69) is 0 Å². The van der Waals surface area contributed by atoms with Crippen LogP contribution in [0.2, 0.25) is 5.02 Å². The summed E-state index contributed by atoms with van der Waals surface area (Å²) in [5, 5.41) is 0.621. The van der Waals surface area contributed by atoms with E-state index in [0.717, 1.165) is 16.8 Å². The number of aryl methyl sites for hydroxylation is 1. The lowest BCUT2D eigenvalue weighted by Gasteiger charge is -2.32. The van der Waals surface area contributed by atoms with Gasteiger partial charge in [-0.25, -0.2) is 4.79 Å². The molecule has 0 saturated carbocycles. The van der Waals surface area contributed by atoms with E-state index in [1.54, 1.807) is 17.0 Å². The van der Waals surface area contributed by atoms with Gasteiger partial charge in [-0.1, -0.05) is 41.4 Å². The largest absolute Gasteiger partial charge is 0.456 e. The zero-order valence-electron chi connectivity index (χ0n) is 13.7. The number of hydrogen-bond acceptors (Lipinski definition) is 3. The quantitative estimate of drug-likeness (QED) is 0.767. The van der Waals surface area contributed by atoms with Crippen LogP contribution < -0.4 is 4.90 Å². The number of esters is 1. The van der Waals surface area contributed by atoms with Gasteiger partial charge in [0.05, 0.1) is 11.3 Å². The summed E-state index contributed by atoms with van der Waals surface area (Å²) < 4.78 is 5.27. The second-order valence-electron chi connectivity index (χ2n) is 6.31. The first-order chi connectivity index (χ1) is 12.0. The van der Waals surface area contributed by atoms with E-state index >= 15 is 0 Å². The molecule has 0 N–H and O–H groups in total. The van der Waals surface area contributed by atoms with Crippen molar-refractivity contribution in [1.82, 2.24) is 0 Å². The fourth-order valence-corrected chi connectivity index (χ4v) is 3.55. The van der Waals surface area contributed by atoms with Crippen molar-refractivity contribution in [3.05, 3.63) is 76.0 Å². The molecule has 25 heavy (non-hydrogen) atoms. The molecule has 1 amide bonds. The molecule has 1 unspecified atom stereocenters. The van der Waals surface area contributed by atoms with Gasteiger partial charge in [0.2, 0.25) is 5.91 Å². The van der Waals surface area contributed by atoms with Gasteiger partial charge in [-0.15, -0.1) is 0 Å². The zero-order valence-corrected chi connectivity index (χ0v) is 14.4. The van der Waals surface area contributed by atoms with Crippen LogP contribution in [0.4, 0.5) is 5.69 Å². The predicted octanol–water partition coefficient (Wildman–Crippen LogP) is 3.98. The van der Waals surface area contributed by atoms with Crippen molar-refractivity contribution in [3.8, 4) is 0 Å². The topological polar surface area (TPSA) is 46.6 Å². The van der Waals surface area contributed by atoms with Gasteiger partial charge in [-0.2, -0.15) is 0 Å². The average molecular weight is 354 g/mol. The maximum absolute atomic E-state index is 12.9. The standard InChI is InChI=1S/C20H16ClNO3/c1-12-2-8-15(9-3-12)22-17-11-25-20(24)19(17)16(10-18(22)23)13-4-6-14(21)7-5-13/h2-9,16H,10-11H2,1H3. The highest BCUT2D eigenvalue weighted by molar-refractivity contribution is 6.30. The van der Waals surface area contributed by atoms with Crippen molar-refractivity contribution in [3.63, 3.8) is 0 Å². The smallest absolute Gasteiger partial charge is 0.336 e. The lowest BCUT2D eigenvalue weighted by molar-refractivity contribution is -0.136. The van der Waals surface area contributed by atoms with Crippen molar-refractivity contribution >= 4 is 29.2 Å². The van der Waals surface area contributed by atoms with E-state index < -0.39 is 0 Å². The molecule has 2 aliphatic heterocycles. The summed E-state index contributed by atoms with van der Waals surface area (Å²) in [4.78, 5) is 26.8. The van der Waals surface area contributed by atoms with Gasteiger partial charge < -0.3 is 4.74 Å². The number of cyclic esters (lactones) is 1. The van der Waals surface area contributed by atoms with Crippen LogP contribution in [0.3, 0.4) is 0 Å². The first-order valence-corrected chi connectivity index (χ1v) is 8.47. The summed E-state index contributed by atoms with van der Waals surface area (Å²) in [6.07, 6.45) is 0.226. The lowest BCUT2D eigenvalue weighted by Crippen LogP contribution is -2.37. The Kier molecular flexibility index (Phi) is 3.85. The Bertz CT molecular complexity index is 884. The molecule has 2 aliphatic rings. The zero-order chi connectivity index (χ0) is 17.6. The lowest BCUT2D eigenvalue weighted by atomic mass is 9.84. The van der Waals surface area contributed by atoms with Gasteiger partial charge in [0, 0.05) is 23.0 Å². The Hall–Kier alpha value is -2.59. The van der Waals surface area contributed by atoms with Crippen molar-refractivity contribution in [2.45, 2.75) is 19.3 Å². The Morgan fingerprint density at radius 1 is 1.04 bits per heavy atom. The van der Waals surface area contributed by atoms with Crippen LogP contribution in [0.5, 0.6) is 0 Å². The molecule has 4 nitrogen and oxygen atoms in total. The molecule has 0 fully saturated rings. The fraction of sp³-hybridized carbons (Fsp3) is 0.200. The van der Waals surface area contributed by atoms with Crippen molar-refractivity contribution in [2.24, 2.45) is 0 Å². The van der Waals surface area contributed by atoms with Crippen LogP contribution in [-0.4, -0.2) is 18.5 Å². The molecule has 2 aromatic rings. The number of carbonyl (C=O) groups excluding carboxylic acids is 2.